The van der Waals surface area contributed by atoms with E-state index in [2.05, 4.69) is 26.0 Å². The highest BCUT2D eigenvalue weighted by Gasteiger charge is 2.51. The normalized spacial score (nSPS) is 22.6. The summed E-state index contributed by atoms with van der Waals surface area (Å²) in [7, 11) is -5.11. The first-order chi connectivity index (χ1) is 27.9. The minimum Gasteiger partial charge on any atom is -0.462 e. The van der Waals surface area contributed by atoms with E-state index < -0.39 is 75.7 Å². The number of phosphoric acid groups is 1. The Labute approximate surface area is 350 Å². The lowest BCUT2D eigenvalue weighted by atomic mass is 9.85. The highest BCUT2D eigenvalue weighted by atomic mass is 31.2. The fourth-order valence-corrected chi connectivity index (χ4v) is 8.07. The van der Waals surface area contributed by atoms with Gasteiger partial charge in [0.15, 0.2) is 6.10 Å². The first-order valence-corrected chi connectivity index (χ1v) is 24.5. The van der Waals surface area contributed by atoms with Gasteiger partial charge < -0.3 is 39.9 Å². The molecule has 6 unspecified atom stereocenters. The number of phosphoric ester groups is 1. The summed E-state index contributed by atoms with van der Waals surface area (Å²) in [4.78, 5) is 35.7. The summed E-state index contributed by atoms with van der Waals surface area (Å²) in [5.41, 5.74) is 0. The number of allylic oxidation sites excluding steroid dienone is 2. The van der Waals surface area contributed by atoms with Crippen molar-refractivity contribution in [2.45, 2.75) is 243 Å². The lowest BCUT2D eigenvalue weighted by Crippen LogP contribution is -2.64. The molecule has 1 aliphatic carbocycles. The third-order valence-corrected chi connectivity index (χ3v) is 11.8. The standard InChI is InChI=1S/C44H83O13P/c1-3-5-7-9-11-13-15-17-19-21-22-24-26-28-30-32-37(45)54-34-36(35-55-58(52,53)57-44-42(50)40(48)39(47)41(49)43(44)51)56-38(46)33-31-29-27-25-23-20-18-16-14-12-10-8-6-4-2/h9,11,36,39-44,47-51H,3-8,10,12-35H2,1-2H3,(H,52,53)/b11-9+/t36-,39?,40-,41?,42?,43?,44?/m0/s1. The zero-order valence-corrected chi connectivity index (χ0v) is 37.0. The van der Waals surface area contributed by atoms with Crippen LogP contribution in [-0.2, 0) is 32.7 Å². The van der Waals surface area contributed by atoms with E-state index in [4.69, 9.17) is 18.5 Å². The smallest absolute Gasteiger partial charge is 0.462 e. The maximum absolute atomic E-state index is 12.8. The Morgan fingerprint density at radius 2 is 0.897 bits per heavy atom. The number of ether oxygens (including phenoxy) is 2. The van der Waals surface area contributed by atoms with Crippen LogP contribution in [-0.4, -0.2) is 98.3 Å². The zero-order valence-electron chi connectivity index (χ0n) is 36.1. The van der Waals surface area contributed by atoms with Crippen LogP contribution in [0.25, 0.3) is 0 Å². The molecule has 0 amide bonds. The number of unbranched alkanes of at least 4 members (excludes halogenated alkanes) is 24. The van der Waals surface area contributed by atoms with Crippen molar-refractivity contribution in [1.82, 2.24) is 0 Å². The minimum absolute atomic E-state index is 0.102. The molecular weight excluding hydrogens is 767 g/mol. The SMILES string of the molecule is CCCC/C=C/CCCCCCCCCCCC(=O)OC[C@@H](COP(=O)(O)OC1C(O)C(O)C(O)[C@H](O)C1O)OC(=O)CCCCCCCCCCCCCCCC. The highest BCUT2D eigenvalue weighted by molar-refractivity contribution is 7.47. The Hall–Kier alpha value is -1.41. The molecule has 0 saturated heterocycles. The molecule has 1 fully saturated rings. The second-order valence-electron chi connectivity index (χ2n) is 16.3. The average molecular weight is 851 g/mol. The zero-order chi connectivity index (χ0) is 42.9. The van der Waals surface area contributed by atoms with Crippen molar-refractivity contribution in [3.63, 3.8) is 0 Å². The van der Waals surface area contributed by atoms with Crippen LogP contribution in [0.15, 0.2) is 12.2 Å². The number of carbonyl (C=O) groups excluding carboxylic acids is 2. The van der Waals surface area contributed by atoms with Crippen molar-refractivity contribution in [2.75, 3.05) is 13.2 Å². The molecule has 0 aromatic heterocycles. The third-order valence-electron chi connectivity index (χ3n) is 10.9. The number of aliphatic hydroxyl groups excluding tert-OH is 5. The fraction of sp³-hybridized carbons (Fsp3) is 0.909. The average Bonchev–Trinajstić information content (AvgIpc) is 3.20. The fourth-order valence-electron chi connectivity index (χ4n) is 7.09. The summed E-state index contributed by atoms with van der Waals surface area (Å²) in [6.45, 7) is 3.28. The Bertz CT molecular complexity index is 1080. The van der Waals surface area contributed by atoms with Gasteiger partial charge in [-0.25, -0.2) is 4.57 Å². The van der Waals surface area contributed by atoms with Crippen LogP contribution in [0.3, 0.4) is 0 Å². The van der Waals surface area contributed by atoms with Crippen molar-refractivity contribution in [3.05, 3.63) is 12.2 Å². The van der Waals surface area contributed by atoms with Gasteiger partial charge in [-0.15, -0.1) is 0 Å². The summed E-state index contributed by atoms with van der Waals surface area (Å²) in [5.74, 6) is -1.09. The largest absolute Gasteiger partial charge is 0.472 e. The monoisotopic (exact) mass is 851 g/mol. The van der Waals surface area contributed by atoms with Crippen molar-refractivity contribution in [1.29, 1.82) is 0 Å². The predicted octanol–water partition coefficient (Wildman–Crippen LogP) is 8.67. The van der Waals surface area contributed by atoms with Gasteiger partial charge in [0.25, 0.3) is 0 Å². The summed E-state index contributed by atoms with van der Waals surface area (Å²) in [6, 6.07) is 0. The number of aliphatic hydroxyl groups is 5. The van der Waals surface area contributed by atoms with Gasteiger partial charge >= 0.3 is 19.8 Å². The molecular formula is C44H83O13P. The summed E-state index contributed by atoms with van der Waals surface area (Å²) >= 11 is 0. The van der Waals surface area contributed by atoms with E-state index in [1.165, 1.54) is 116 Å². The molecule has 8 atom stereocenters. The van der Waals surface area contributed by atoms with Crippen molar-refractivity contribution in [2.24, 2.45) is 0 Å². The van der Waals surface area contributed by atoms with Crippen LogP contribution in [0.4, 0.5) is 0 Å². The molecule has 1 saturated carbocycles. The van der Waals surface area contributed by atoms with Gasteiger partial charge in [0.2, 0.25) is 0 Å². The van der Waals surface area contributed by atoms with E-state index in [-0.39, 0.29) is 12.8 Å². The van der Waals surface area contributed by atoms with E-state index in [1.54, 1.807) is 0 Å². The molecule has 13 nitrogen and oxygen atoms in total. The van der Waals surface area contributed by atoms with Gasteiger partial charge in [-0.2, -0.15) is 0 Å². The topological polar surface area (TPSA) is 210 Å². The van der Waals surface area contributed by atoms with E-state index in [0.717, 1.165) is 44.9 Å². The lowest BCUT2D eigenvalue weighted by Gasteiger charge is -2.41. The summed E-state index contributed by atoms with van der Waals surface area (Å²) < 4.78 is 33.5. The first-order valence-electron chi connectivity index (χ1n) is 23.0. The van der Waals surface area contributed by atoms with Gasteiger partial charge in [0.1, 0.15) is 43.2 Å². The molecule has 0 aromatic carbocycles. The number of carbonyl (C=O) groups is 2. The van der Waals surface area contributed by atoms with E-state index in [1.807, 2.05) is 0 Å². The first kappa shape index (κ1) is 54.6. The third kappa shape index (κ3) is 27.4. The number of rotatable bonds is 38. The number of hydrogen-bond donors (Lipinski definition) is 6. The van der Waals surface area contributed by atoms with Gasteiger partial charge in [0, 0.05) is 12.8 Å². The molecule has 14 heteroatoms. The molecule has 0 aliphatic heterocycles. The van der Waals surface area contributed by atoms with Crippen molar-refractivity contribution in [3.8, 4) is 0 Å². The Balaban J connectivity index is 2.45. The van der Waals surface area contributed by atoms with Gasteiger partial charge in [-0.05, 0) is 32.1 Å². The quantitative estimate of drug-likeness (QED) is 0.0149. The van der Waals surface area contributed by atoms with Crippen LogP contribution in [0, 0.1) is 0 Å². The van der Waals surface area contributed by atoms with Crippen LogP contribution >= 0.6 is 7.82 Å². The van der Waals surface area contributed by atoms with Crippen LogP contribution in [0.2, 0.25) is 0 Å². The Morgan fingerprint density at radius 3 is 1.36 bits per heavy atom. The van der Waals surface area contributed by atoms with Crippen LogP contribution < -0.4 is 0 Å². The van der Waals surface area contributed by atoms with E-state index >= 15 is 0 Å². The molecule has 0 spiro atoms. The second kappa shape index (κ2) is 35.2. The molecule has 6 N–H and O–H groups in total. The molecule has 58 heavy (non-hydrogen) atoms. The van der Waals surface area contributed by atoms with Gasteiger partial charge in [0.05, 0.1) is 6.61 Å². The highest BCUT2D eigenvalue weighted by Crippen LogP contribution is 2.47. The van der Waals surface area contributed by atoms with Crippen molar-refractivity contribution >= 4 is 19.8 Å². The van der Waals surface area contributed by atoms with Crippen molar-refractivity contribution < 1.29 is 63.1 Å². The lowest BCUT2D eigenvalue weighted by molar-refractivity contribution is -0.220. The Morgan fingerprint density at radius 1 is 0.517 bits per heavy atom. The number of esters is 2. The van der Waals surface area contributed by atoms with E-state index in [9.17, 15) is 44.6 Å². The summed E-state index contributed by atoms with van der Waals surface area (Å²) in [6.07, 6.45) is 22.6. The molecule has 1 aliphatic rings. The molecule has 0 bridgehead atoms. The predicted molar refractivity (Wildman–Crippen MR) is 226 cm³/mol. The molecule has 1 rings (SSSR count). The van der Waals surface area contributed by atoms with E-state index in [0.29, 0.717) is 12.8 Å². The molecule has 342 valence electrons. The molecule has 0 heterocycles. The maximum atomic E-state index is 12.8. The number of hydrogen-bond acceptors (Lipinski definition) is 12. The summed E-state index contributed by atoms with van der Waals surface area (Å²) in [5, 5.41) is 50.1. The maximum Gasteiger partial charge on any atom is 0.472 e. The van der Waals surface area contributed by atoms with Gasteiger partial charge in [-0.3, -0.25) is 18.6 Å². The molecule has 0 radical (unpaired) electrons. The van der Waals surface area contributed by atoms with Crippen LogP contribution in [0.1, 0.15) is 200 Å². The molecule has 0 aromatic rings. The van der Waals surface area contributed by atoms with Crippen LogP contribution in [0.5, 0.6) is 0 Å². The second-order valence-corrected chi connectivity index (χ2v) is 17.7. The minimum atomic E-state index is -5.11. The van der Waals surface area contributed by atoms with Gasteiger partial charge in [-0.1, -0.05) is 167 Å². The Kier molecular flexibility index (Phi) is 33.2.